The molecular formula is C22H31N3O2S. The lowest BCUT2D eigenvalue weighted by Crippen LogP contribution is -2.39. The molecule has 3 rings (SSSR count). The van der Waals surface area contributed by atoms with Gasteiger partial charge in [0.25, 0.3) is 5.56 Å². The second kappa shape index (κ2) is 8.97. The van der Waals surface area contributed by atoms with Crippen molar-refractivity contribution in [2.45, 2.75) is 53.1 Å². The maximum atomic E-state index is 12.2. The van der Waals surface area contributed by atoms with Crippen LogP contribution in [0.2, 0.25) is 0 Å². The molecule has 0 aliphatic carbocycles. The molecule has 152 valence electrons. The number of rotatable bonds is 7. The lowest BCUT2D eigenvalue weighted by Gasteiger charge is -2.35. The largest absolute Gasteiger partial charge is 0.381 e. The number of nitrogens with zero attached hydrogens (tertiary/aromatic N) is 1. The summed E-state index contributed by atoms with van der Waals surface area (Å²) in [4.78, 5) is 18.8. The fourth-order valence-corrected chi connectivity index (χ4v) is 5.02. The Balaban J connectivity index is 1.74. The molecule has 0 radical (unpaired) electrons. The Bertz CT molecular complexity index is 894. The third-order valence-corrected chi connectivity index (χ3v) is 6.67. The van der Waals surface area contributed by atoms with Crippen molar-refractivity contribution < 1.29 is 4.74 Å². The van der Waals surface area contributed by atoms with Crippen molar-refractivity contribution >= 4 is 22.7 Å². The number of H-pyrrole nitrogens is 1. The molecule has 0 bridgehead atoms. The monoisotopic (exact) mass is 401 g/mol. The van der Waals surface area contributed by atoms with E-state index in [1.165, 1.54) is 11.3 Å². The van der Waals surface area contributed by atoms with Gasteiger partial charge in [-0.2, -0.15) is 0 Å². The molecule has 5 nitrogen and oxygen atoms in total. The molecule has 3 heterocycles. The molecule has 1 saturated heterocycles. The Kier molecular flexibility index (Phi) is 6.62. The van der Waals surface area contributed by atoms with Crippen LogP contribution in [0.1, 0.15) is 47.0 Å². The van der Waals surface area contributed by atoms with Crippen molar-refractivity contribution in [3.63, 3.8) is 0 Å². The smallest absolute Gasteiger partial charge is 0.253 e. The van der Waals surface area contributed by atoms with Gasteiger partial charge in [0, 0.05) is 54.7 Å². The van der Waals surface area contributed by atoms with Crippen LogP contribution >= 0.6 is 11.3 Å². The van der Waals surface area contributed by atoms with Gasteiger partial charge in [-0.05, 0) is 57.7 Å². The molecule has 0 spiro atoms. The summed E-state index contributed by atoms with van der Waals surface area (Å²) in [5, 5.41) is 5.60. The average molecular weight is 402 g/mol. The van der Waals surface area contributed by atoms with Crippen LogP contribution in [-0.4, -0.2) is 30.8 Å². The quantitative estimate of drug-likeness (QED) is 0.732. The molecule has 6 heteroatoms. The van der Waals surface area contributed by atoms with Crippen LogP contribution in [-0.2, 0) is 11.3 Å². The van der Waals surface area contributed by atoms with Crippen molar-refractivity contribution in [3.05, 3.63) is 55.6 Å². The summed E-state index contributed by atoms with van der Waals surface area (Å²) in [5.41, 5.74) is 6.04. The Hall–Kier alpha value is -2.05. The Morgan fingerprint density at radius 3 is 2.71 bits per heavy atom. The number of nitrogens with one attached hydrogen (secondary N) is 2. The number of thiophene rings is 1. The van der Waals surface area contributed by atoms with Gasteiger partial charge in [-0.25, -0.2) is 0 Å². The average Bonchev–Trinajstić information content (AvgIpc) is 3.04. The van der Waals surface area contributed by atoms with E-state index in [4.69, 9.17) is 4.74 Å². The zero-order chi connectivity index (χ0) is 20.3. The summed E-state index contributed by atoms with van der Waals surface area (Å²) in [5.74, 6) is 0. The van der Waals surface area contributed by atoms with Crippen LogP contribution in [0.5, 0.6) is 0 Å². The molecule has 1 fully saturated rings. The van der Waals surface area contributed by atoms with Gasteiger partial charge in [-0.3, -0.25) is 4.79 Å². The van der Waals surface area contributed by atoms with Gasteiger partial charge in [-0.1, -0.05) is 6.58 Å². The predicted molar refractivity (Wildman–Crippen MR) is 118 cm³/mol. The van der Waals surface area contributed by atoms with E-state index in [0.717, 1.165) is 60.0 Å². The molecular weight excluding hydrogens is 370 g/mol. The maximum Gasteiger partial charge on any atom is 0.253 e. The molecule has 0 unspecified atom stereocenters. The summed E-state index contributed by atoms with van der Waals surface area (Å²) >= 11 is 1.72. The minimum atomic E-state index is -0.0296. The number of anilines is 1. The topological polar surface area (TPSA) is 57.4 Å². The van der Waals surface area contributed by atoms with Crippen molar-refractivity contribution in [1.29, 1.82) is 0 Å². The van der Waals surface area contributed by atoms with E-state index in [0.29, 0.717) is 12.6 Å². The standard InChI is InChI=1S/C22H31N3O2S/c1-6-25(18-7-9-27-10-8-18)20-13-28-21(16(20)4)17(5)23-12-19-14(2)11-15(3)24-22(19)26/h11,13,18,23H,5-10,12H2,1-4H3,(H,24,26). The van der Waals surface area contributed by atoms with Crippen molar-refractivity contribution in [1.82, 2.24) is 10.3 Å². The lowest BCUT2D eigenvalue weighted by atomic mass is 10.1. The van der Waals surface area contributed by atoms with Crippen LogP contribution in [0.3, 0.4) is 0 Å². The molecule has 2 aromatic heterocycles. The summed E-state index contributed by atoms with van der Waals surface area (Å²) in [6.45, 7) is 15.6. The molecule has 1 aliphatic heterocycles. The van der Waals surface area contributed by atoms with Gasteiger partial charge < -0.3 is 19.9 Å². The zero-order valence-electron chi connectivity index (χ0n) is 17.4. The number of aromatic nitrogens is 1. The Morgan fingerprint density at radius 2 is 2.07 bits per heavy atom. The SMILES string of the molecule is C=C(NCc1c(C)cc(C)[nH]c1=O)c1scc(N(CC)C2CCOCC2)c1C. The van der Waals surface area contributed by atoms with Gasteiger partial charge in [-0.15, -0.1) is 11.3 Å². The summed E-state index contributed by atoms with van der Waals surface area (Å²) in [6.07, 6.45) is 2.15. The predicted octanol–water partition coefficient (Wildman–Crippen LogP) is 4.13. The number of hydrogen-bond acceptors (Lipinski definition) is 5. The highest BCUT2D eigenvalue weighted by Crippen LogP contribution is 2.35. The first-order chi connectivity index (χ1) is 13.4. The number of pyridine rings is 1. The number of ether oxygens (including phenoxy) is 1. The molecule has 1 aliphatic rings. The van der Waals surface area contributed by atoms with E-state index in [1.807, 2.05) is 19.9 Å². The fourth-order valence-electron chi connectivity index (χ4n) is 3.99. The van der Waals surface area contributed by atoms with Crippen LogP contribution in [0.25, 0.3) is 5.70 Å². The van der Waals surface area contributed by atoms with E-state index in [1.54, 1.807) is 11.3 Å². The second-order valence-electron chi connectivity index (χ2n) is 7.48. The highest BCUT2D eigenvalue weighted by molar-refractivity contribution is 7.11. The molecule has 28 heavy (non-hydrogen) atoms. The van der Waals surface area contributed by atoms with Gasteiger partial charge in [0.1, 0.15) is 0 Å². The van der Waals surface area contributed by atoms with Crippen LogP contribution < -0.4 is 15.8 Å². The van der Waals surface area contributed by atoms with Crippen molar-refractivity contribution in [3.8, 4) is 0 Å². The van der Waals surface area contributed by atoms with Crippen LogP contribution in [0.4, 0.5) is 5.69 Å². The molecule has 0 aromatic carbocycles. The third-order valence-electron chi connectivity index (χ3n) is 5.54. The van der Waals surface area contributed by atoms with Crippen molar-refractivity contribution in [2.24, 2.45) is 0 Å². The van der Waals surface area contributed by atoms with Gasteiger partial charge >= 0.3 is 0 Å². The Morgan fingerprint density at radius 1 is 1.36 bits per heavy atom. The molecule has 2 aromatic rings. The van der Waals surface area contributed by atoms with Crippen LogP contribution in [0.15, 0.2) is 22.8 Å². The van der Waals surface area contributed by atoms with Gasteiger partial charge in [0.2, 0.25) is 0 Å². The minimum absolute atomic E-state index is 0.0296. The van der Waals surface area contributed by atoms with Crippen molar-refractivity contribution in [2.75, 3.05) is 24.7 Å². The lowest BCUT2D eigenvalue weighted by molar-refractivity contribution is 0.0846. The van der Waals surface area contributed by atoms with E-state index in [-0.39, 0.29) is 5.56 Å². The molecule has 2 N–H and O–H groups in total. The Labute approximate surface area is 171 Å². The summed E-state index contributed by atoms with van der Waals surface area (Å²) in [7, 11) is 0. The van der Waals surface area contributed by atoms with E-state index in [9.17, 15) is 4.79 Å². The first-order valence-electron chi connectivity index (χ1n) is 9.97. The number of hydrogen-bond donors (Lipinski definition) is 2. The normalized spacial score (nSPS) is 14.9. The van der Waals surface area contributed by atoms with E-state index >= 15 is 0 Å². The second-order valence-corrected chi connectivity index (χ2v) is 8.36. The van der Waals surface area contributed by atoms with Gasteiger partial charge in [0.05, 0.1) is 10.6 Å². The van der Waals surface area contributed by atoms with Gasteiger partial charge in [0.15, 0.2) is 0 Å². The third kappa shape index (κ3) is 4.33. The fraction of sp³-hybridized carbons (Fsp3) is 0.500. The number of aromatic amines is 1. The summed E-state index contributed by atoms with van der Waals surface area (Å²) < 4.78 is 5.53. The van der Waals surface area contributed by atoms with E-state index in [2.05, 4.69) is 41.0 Å². The van der Waals surface area contributed by atoms with E-state index < -0.39 is 0 Å². The first-order valence-corrected chi connectivity index (χ1v) is 10.8. The highest BCUT2D eigenvalue weighted by Gasteiger charge is 2.24. The van der Waals surface area contributed by atoms with Crippen LogP contribution in [0, 0.1) is 20.8 Å². The summed E-state index contributed by atoms with van der Waals surface area (Å²) in [6, 6.07) is 2.54. The number of aryl methyl sites for hydroxylation is 2. The maximum absolute atomic E-state index is 12.2. The molecule has 0 saturated carbocycles. The highest BCUT2D eigenvalue weighted by atomic mass is 32.1. The minimum Gasteiger partial charge on any atom is -0.381 e. The zero-order valence-corrected chi connectivity index (χ0v) is 18.2. The first kappa shape index (κ1) is 20.7. The molecule has 0 atom stereocenters. The molecule has 0 amide bonds.